The summed E-state index contributed by atoms with van der Waals surface area (Å²) in [4.78, 5) is 19.9. The highest BCUT2D eigenvalue weighted by Gasteiger charge is 2.24. The molecule has 5 heteroatoms. The number of fused-ring (bicyclic) bond motifs is 1. The lowest BCUT2D eigenvalue weighted by atomic mass is 9.98. The maximum Gasteiger partial charge on any atom is 0.187 e. The van der Waals surface area contributed by atoms with E-state index in [0.29, 0.717) is 11.4 Å². The van der Waals surface area contributed by atoms with Crippen molar-refractivity contribution in [3.63, 3.8) is 0 Å². The first-order chi connectivity index (χ1) is 10.2. The number of aromatic amines is 1. The molecule has 3 aromatic rings. The van der Waals surface area contributed by atoms with Crippen molar-refractivity contribution < 1.29 is 4.79 Å². The van der Waals surface area contributed by atoms with Gasteiger partial charge in [-0.15, -0.1) is 0 Å². The Labute approximate surface area is 135 Å². The van der Waals surface area contributed by atoms with Crippen LogP contribution in [0.2, 0.25) is 0 Å². The highest BCUT2D eigenvalue weighted by Crippen LogP contribution is 2.21. The second kappa shape index (κ2) is 5.66. The molecule has 1 heterocycles. The van der Waals surface area contributed by atoms with E-state index in [2.05, 4.69) is 32.6 Å². The summed E-state index contributed by atoms with van der Waals surface area (Å²) in [5, 5.41) is 9.36. The van der Waals surface area contributed by atoms with Gasteiger partial charge in [0.2, 0.25) is 0 Å². The number of nitrogens with one attached hydrogen (secondary N) is 1. The van der Waals surface area contributed by atoms with Crippen LogP contribution in [0.4, 0.5) is 0 Å². The number of H-pyrrole nitrogens is 1. The van der Waals surface area contributed by atoms with Gasteiger partial charge in [-0.1, -0.05) is 24.3 Å². The summed E-state index contributed by atoms with van der Waals surface area (Å²) >= 11 is 2.17. The van der Waals surface area contributed by atoms with Gasteiger partial charge in [-0.2, -0.15) is 5.26 Å². The van der Waals surface area contributed by atoms with E-state index in [1.807, 2.05) is 42.5 Å². The first-order valence-corrected chi connectivity index (χ1v) is 7.41. The predicted molar refractivity (Wildman–Crippen MR) is 87.9 cm³/mol. The second-order valence-electron chi connectivity index (χ2n) is 4.57. The average Bonchev–Trinajstić information content (AvgIpc) is 2.92. The fourth-order valence-corrected chi connectivity index (χ4v) is 2.49. The summed E-state index contributed by atoms with van der Waals surface area (Å²) in [6.45, 7) is 0. The van der Waals surface area contributed by atoms with Crippen LogP contribution in [-0.2, 0) is 0 Å². The molecular formula is C16H10IN3O. The standard InChI is InChI=1S/C16H10IN3O/c17-11-7-5-10(6-8-11)15(21)12(9-18)16-19-13-3-1-2-4-14(13)20-16/h1-8,12H,(H,19,20). The van der Waals surface area contributed by atoms with Gasteiger partial charge < -0.3 is 4.98 Å². The number of hydrogen-bond donors (Lipinski definition) is 1. The number of carbonyl (C=O) groups excluding carboxylic acids is 1. The number of halogens is 1. The van der Waals surface area contributed by atoms with Crippen molar-refractivity contribution in [1.29, 1.82) is 5.26 Å². The Morgan fingerprint density at radius 1 is 1.19 bits per heavy atom. The summed E-state index contributed by atoms with van der Waals surface area (Å²) in [7, 11) is 0. The van der Waals surface area contributed by atoms with E-state index in [4.69, 9.17) is 0 Å². The molecule has 102 valence electrons. The van der Waals surface area contributed by atoms with Gasteiger partial charge in [0.1, 0.15) is 5.82 Å². The monoisotopic (exact) mass is 387 g/mol. The maximum atomic E-state index is 12.5. The molecule has 0 aliphatic carbocycles. The Bertz CT molecular complexity index is 813. The summed E-state index contributed by atoms with van der Waals surface area (Å²) in [6.07, 6.45) is 0. The van der Waals surface area contributed by atoms with E-state index in [0.717, 1.165) is 14.6 Å². The number of nitrogens with zero attached hydrogens (tertiary/aromatic N) is 2. The van der Waals surface area contributed by atoms with Crippen LogP contribution < -0.4 is 0 Å². The third-order valence-electron chi connectivity index (χ3n) is 3.20. The van der Waals surface area contributed by atoms with E-state index in [1.165, 1.54) is 0 Å². The van der Waals surface area contributed by atoms with Crippen LogP contribution in [0.5, 0.6) is 0 Å². The predicted octanol–water partition coefficient (Wildman–Crippen LogP) is 3.66. The Morgan fingerprint density at radius 2 is 1.90 bits per heavy atom. The van der Waals surface area contributed by atoms with Gasteiger partial charge in [0, 0.05) is 9.13 Å². The lowest BCUT2D eigenvalue weighted by Gasteiger charge is -2.05. The fraction of sp³-hybridized carbons (Fsp3) is 0.0625. The fourth-order valence-electron chi connectivity index (χ4n) is 2.13. The van der Waals surface area contributed by atoms with Crippen LogP contribution in [0, 0.1) is 14.9 Å². The molecule has 4 nitrogen and oxygen atoms in total. The molecule has 0 saturated carbocycles. The molecule has 21 heavy (non-hydrogen) atoms. The number of imidazole rings is 1. The zero-order chi connectivity index (χ0) is 14.8. The Balaban J connectivity index is 1.99. The van der Waals surface area contributed by atoms with Crippen LogP contribution >= 0.6 is 22.6 Å². The van der Waals surface area contributed by atoms with Crippen LogP contribution in [0.3, 0.4) is 0 Å². The number of rotatable bonds is 3. The lowest BCUT2D eigenvalue weighted by Crippen LogP contribution is -2.12. The quantitative estimate of drug-likeness (QED) is 0.551. The molecule has 0 saturated heterocycles. The highest BCUT2D eigenvalue weighted by atomic mass is 127. The molecule has 1 atom stereocenters. The Morgan fingerprint density at radius 3 is 2.57 bits per heavy atom. The van der Waals surface area contributed by atoms with Crippen molar-refractivity contribution in [2.24, 2.45) is 0 Å². The molecule has 0 fully saturated rings. The third-order valence-corrected chi connectivity index (χ3v) is 3.92. The first-order valence-electron chi connectivity index (χ1n) is 6.33. The van der Waals surface area contributed by atoms with Gasteiger partial charge in [0.05, 0.1) is 17.1 Å². The molecule has 0 amide bonds. The van der Waals surface area contributed by atoms with E-state index in [9.17, 15) is 10.1 Å². The summed E-state index contributed by atoms with van der Waals surface area (Å²) in [6, 6.07) is 16.7. The molecule has 0 bridgehead atoms. The normalized spacial score (nSPS) is 12.0. The van der Waals surface area contributed by atoms with Crippen molar-refractivity contribution in [3.8, 4) is 6.07 Å². The first kappa shape index (κ1) is 13.8. The molecule has 1 unspecified atom stereocenters. The molecule has 1 N–H and O–H groups in total. The number of para-hydroxylation sites is 2. The van der Waals surface area contributed by atoms with Crippen molar-refractivity contribution in [3.05, 3.63) is 63.5 Å². The number of ketones is 1. The van der Waals surface area contributed by atoms with Crippen molar-refractivity contribution in [1.82, 2.24) is 9.97 Å². The smallest absolute Gasteiger partial charge is 0.187 e. The number of Topliss-reactive ketones (excluding diaryl/α,β-unsaturated/α-hetero) is 1. The molecule has 1 aromatic heterocycles. The minimum atomic E-state index is -0.919. The molecular weight excluding hydrogens is 377 g/mol. The van der Waals surface area contributed by atoms with E-state index in [1.54, 1.807) is 12.1 Å². The number of hydrogen-bond acceptors (Lipinski definition) is 3. The summed E-state index contributed by atoms with van der Waals surface area (Å²) in [5.74, 6) is -0.771. The minimum Gasteiger partial charge on any atom is -0.340 e. The molecule has 0 aliphatic heterocycles. The van der Waals surface area contributed by atoms with Gasteiger partial charge in [-0.25, -0.2) is 4.98 Å². The van der Waals surface area contributed by atoms with Crippen molar-refractivity contribution in [2.75, 3.05) is 0 Å². The number of benzene rings is 2. The van der Waals surface area contributed by atoms with Crippen molar-refractivity contribution >= 4 is 39.4 Å². The van der Waals surface area contributed by atoms with Gasteiger partial charge in [0.15, 0.2) is 11.7 Å². The molecule has 0 spiro atoms. The summed E-state index contributed by atoms with van der Waals surface area (Å²) in [5.41, 5.74) is 2.09. The van der Waals surface area contributed by atoms with Gasteiger partial charge in [0.25, 0.3) is 0 Å². The topological polar surface area (TPSA) is 69.5 Å². The molecule has 3 rings (SSSR count). The van der Waals surface area contributed by atoms with Gasteiger partial charge >= 0.3 is 0 Å². The highest BCUT2D eigenvalue weighted by molar-refractivity contribution is 14.1. The van der Waals surface area contributed by atoms with E-state index >= 15 is 0 Å². The zero-order valence-corrected chi connectivity index (χ0v) is 13.0. The third kappa shape index (κ3) is 2.67. The van der Waals surface area contributed by atoms with E-state index in [-0.39, 0.29) is 5.78 Å². The number of carbonyl (C=O) groups is 1. The van der Waals surface area contributed by atoms with Crippen LogP contribution in [-0.4, -0.2) is 15.8 Å². The zero-order valence-electron chi connectivity index (χ0n) is 10.9. The Hall–Kier alpha value is -2.20. The molecule has 0 radical (unpaired) electrons. The maximum absolute atomic E-state index is 12.5. The van der Waals surface area contributed by atoms with Crippen LogP contribution in [0.1, 0.15) is 22.1 Å². The molecule has 2 aromatic carbocycles. The second-order valence-corrected chi connectivity index (χ2v) is 5.82. The van der Waals surface area contributed by atoms with Gasteiger partial charge in [-0.05, 0) is 46.9 Å². The van der Waals surface area contributed by atoms with Crippen LogP contribution in [0.25, 0.3) is 11.0 Å². The Kier molecular flexibility index (Phi) is 3.71. The largest absolute Gasteiger partial charge is 0.340 e. The number of nitriles is 1. The van der Waals surface area contributed by atoms with Gasteiger partial charge in [-0.3, -0.25) is 4.79 Å². The van der Waals surface area contributed by atoms with Crippen molar-refractivity contribution in [2.45, 2.75) is 5.92 Å². The van der Waals surface area contributed by atoms with E-state index < -0.39 is 5.92 Å². The lowest BCUT2D eigenvalue weighted by molar-refractivity contribution is 0.0976. The summed E-state index contributed by atoms with van der Waals surface area (Å²) < 4.78 is 1.04. The van der Waals surface area contributed by atoms with Crippen LogP contribution in [0.15, 0.2) is 48.5 Å². The SMILES string of the molecule is N#CC(C(=O)c1ccc(I)cc1)c1nc2ccccc2[nH]1. The minimum absolute atomic E-state index is 0.243. The number of aromatic nitrogens is 2. The molecule has 0 aliphatic rings. The average molecular weight is 387 g/mol.